The summed E-state index contributed by atoms with van der Waals surface area (Å²) in [4.78, 5) is 14.5. The van der Waals surface area contributed by atoms with E-state index in [2.05, 4.69) is 15.4 Å². The van der Waals surface area contributed by atoms with Gasteiger partial charge in [0.15, 0.2) is 0 Å². The summed E-state index contributed by atoms with van der Waals surface area (Å²) in [6.45, 7) is 2.76. The summed E-state index contributed by atoms with van der Waals surface area (Å²) in [5.74, 6) is -0.101. The number of aromatic nitrogens is 3. The number of benzene rings is 1. The molecule has 1 aromatic heterocycles. The number of piperidine rings is 1. The Morgan fingerprint density at radius 3 is 2.96 bits per heavy atom. The number of aliphatic hydroxyl groups is 2. The molecular weight excluding hydrogens is 296 g/mol. The highest BCUT2D eigenvalue weighted by atomic mass is 16.3. The normalized spacial score (nSPS) is 25.0. The van der Waals surface area contributed by atoms with Crippen molar-refractivity contribution in [2.45, 2.75) is 32.3 Å². The van der Waals surface area contributed by atoms with E-state index in [4.69, 9.17) is 0 Å². The van der Waals surface area contributed by atoms with Gasteiger partial charge in [0.05, 0.1) is 12.7 Å². The number of aromatic amines is 1. The van der Waals surface area contributed by atoms with Gasteiger partial charge in [-0.2, -0.15) is 15.4 Å². The van der Waals surface area contributed by atoms with Crippen LogP contribution in [0.5, 0.6) is 0 Å². The van der Waals surface area contributed by atoms with Crippen LogP contribution in [0.15, 0.2) is 18.2 Å². The maximum atomic E-state index is 12.8. The third kappa shape index (κ3) is 2.82. The summed E-state index contributed by atoms with van der Waals surface area (Å²) in [5.41, 5.74) is 1.29. The van der Waals surface area contributed by atoms with E-state index in [-0.39, 0.29) is 12.5 Å². The Hall–Kier alpha value is -1.99. The predicted octanol–water partition coefficient (Wildman–Crippen LogP) is 0.944. The number of carbonyl (C=O) groups excluding carboxylic acids is 1. The zero-order valence-electron chi connectivity index (χ0n) is 13.2. The van der Waals surface area contributed by atoms with Gasteiger partial charge in [0.1, 0.15) is 11.0 Å². The number of hydrogen-bond acceptors (Lipinski definition) is 5. The van der Waals surface area contributed by atoms with E-state index in [9.17, 15) is 15.0 Å². The number of rotatable bonds is 4. The van der Waals surface area contributed by atoms with Crippen molar-refractivity contribution in [3.05, 3.63) is 23.8 Å². The first-order valence-corrected chi connectivity index (χ1v) is 7.98. The third-order valence-corrected chi connectivity index (χ3v) is 4.80. The summed E-state index contributed by atoms with van der Waals surface area (Å²) in [6.07, 6.45) is 1.45. The van der Waals surface area contributed by atoms with E-state index in [1.807, 2.05) is 6.92 Å². The number of nitrogens with one attached hydrogen (secondary N) is 1. The van der Waals surface area contributed by atoms with Gasteiger partial charge in [0.2, 0.25) is 0 Å². The second-order valence-electron chi connectivity index (χ2n) is 6.33. The van der Waals surface area contributed by atoms with E-state index >= 15 is 0 Å². The summed E-state index contributed by atoms with van der Waals surface area (Å²) in [6, 6.07) is 5.21. The Morgan fingerprint density at radius 2 is 2.22 bits per heavy atom. The molecule has 7 heteroatoms. The fourth-order valence-electron chi connectivity index (χ4n) is 3.46. The van der Waals surface area contributed by atoms with Crippen molar-refractivity contribution in [2.75, 3.05) is 19.7 Å². The second-order valence-corrected chi connectivity index (χ2v) is 6.33. The van der Waals surface area contributed by atoms with Crippen molar-refractivity contribution in [2.24, 2.45) is 5.41 Å². The van der Waals surface area contributed by atoms with Crippen molar-refractivity contribution in [1.29, 1.82) is 0 Å². The van der Waals surface area contributed by atoms with Gasteiger partial charge < -0.3 is 15.1 Å². The lowest BCUT2D eigenvalue weighted by Crippen LogP contribution is -2.55. The van der Waals surface area contributed by atoms with Crippen molar-refractivity contribution in [3.63, 3.8) is 0 Å². The maximum absolute atomic E-state index is 12.8. The van der Waals surface area contributed by atoms with Crippen LogP contribution < -0.4 is 0 Å². The molecule has 0 spiro atoms. The van der Waals surface area contributed by atoms with Gasteiger partial charge in [-0.3, -0.25) is 4.79 Å². The average molecular weight is 318 g/mol. The van der Waals surface area contributed by atoms with E-state index in [0.717, 1.165) is 6.42 Å². The average Bonchev–Trinajstić information content (AvgIpc) is 3.04. The maximum Gasteiger partial charge on any atom is 0.253 e. The highest BCUT2D eigenvalue weighted by Crippen LogP contribution is 2.35. The SMILES string of the molecule is CCC[C@@]1(CO)CN(C(=O)c2ccc3n[nH]nc3c2)CC[C@H]1O. The Balaban J connectivity index is 1.83. The van der Waals surface area contributed by atoms with Crippen molar-refractivity contribution in [1.82, 2.24) is 20.3 Å². The lowest BCUT2D eigenvalue weighted by atomic mass is 9.74. The first-order valence-electron chi connectivity index (χ1n) is 7.98. The fraction of sp³-hybridized carbons (Fsp3) is 0.562. The number of aliphatic hydroxyl groups excluding tert-OH is 2. The molecule has 2 atom stereocenters. The van der Waals surface area contributed by atoms with Crippen LogP contribution >= 0.6 is 0 Å². The molecule has 1 saturated heterocycles. The van der Waals surface area contributed by atoms with Crippen molar-refractivity contribution >= 4 is 16.9 Å². The molecule has 23 heavy (non-hydrogen) atoms. The minimum atomic E-state index is -0.624. The number of carbonyl (C=O) groups is 1. The number of hydrogen-bond donors (Lipinski definition) is 3. The van der Waals surface area contributed by atoms with Gasteiger partial charge >= 0.3 is 0 Å². The van der Waals surface area contributed by atoms with Gasteiger partial charge in [-0.05, 0) is 31.0 Å². The van der Waals surface area contributed by atoms with Crippen LogP contribution in [-0.4, -0.2) is 62.2 Å². The zero-order valence-corrected chi connectivity index (χ0v) is 13.2. The molecule has 0 radical (unpaired) electrons. The first-order chi connectivity index (χ1) is 11.1. The largest absolute Gasteiger partial charge is 0.396 e. The number of fused-ring (bicyclic) bond motifs is 1. The Morgan fingerprint density at radius 1 is 1.43 bits per heavy atom. The highest BCUT2D eigenvalue weighted by molar-refractivity contribution is 5.97. The Kier molecular flexibility index (Phi) is 4.32. The quantitative estimate of drug-likeness (QED) is 0.779. The number of amides is 1. The van der Waals surface area contributed by atoms with Gasteiger partial charge in [0, 0.05) is 24.1 Å². The standard InChI is InChI=1S/C16H22N4O3/c1-2-6-16(10-21)9-20(7-5-14(16)22)15(23)11-3-4-12-13(8-11)18-19-17-12/h3-4,8,14,21-22H,2,5-7,9-10H2,1H3,(H,17,18,19)/t14-,16+/m1/s1. The number of nitrogens with zero attached hydrogens (tertiary/aromatic N) is 3. The summed E-state index contributed by atoms with van der Waals surface area (Å²) in [5, 5.41) is 30.6. The van der Waals surface area contributed by atoms with E-state index < -0.39 is 11.5 Å². The molecule has 1 aromatic carbocycles. The van der Waals surface area contributed by atoms with Crippen LogP contribution in [0.3, 0.4) is 0 Å². The van der Waals surface area contributed by atoms with Crippen LogP contribution in [0.2, 0.25) is 0 Å². The van der Waals surface area contributed by atoms with Crippen molar-refractivity contribution < 1.29 is 15.0 Å². The van der Waals surface area contributed by atoms with Crippen LogP contribution in [-0.2, 0) is 0 Å². The van der Waals surface area contributed by atoms with E-state index in [1.54, 1.807) is 23.1 Å². The molecule has 1 amide bonds. The lowest BCUT2D eigenvalue weighted by Gasteiger charge is -2.45. The van der Waals surface area contributed by atoms with Crippen LogP contribution in [0.25, 0.3) is 11.0 Å². The van der Waals surface area contributed by atoms with E-state index in [0.29, 0.717) is 42.5 Å². The number of H-pyrrole nitrogens is 1. The Bertz CT molecular complexity index is 701. The predicted molar refractivity (Wildman–Crippen MR) is 84.8 cm³/mol. The summed E-state index contributed by atoms with van der Waals surface area (Å²) in [7, 11) is 0. The van der Waals surface area contributed by atoms with Gasteiger partial charge in [0.25, 0.3) is 5.91 Å². The molecule has 3 N–H and O–H groups in total. The lowest BCUT2D eigenvalue weighted by molar-refractivity contribution is -0.0720. The number of likely N-dealkylation sites (tertiary alicyclic amines) is 1. The van der Waals surface area contributed by atoms with Crippen LogP contribution in [0.4, 0.5) is 0 Å². The molecule has 1 fully saturated rings. The molecule has 3 rings (SSSR count). The molecular formula is C16H22N4O3. The third-order valence-electron chi connectivity index (χ3n) is 4.80. The molecule has 0 bridgehead atoms. The van der Waals surface area contributed by atoms with Gasteiger partial charge in [-0.25, -0.2) is 0 Å². The van der Waals surface area contributed by atoms with Crippen LogP contribution in [0.1, 0.15) is 36.5 Å². The van der Waals surface area contributed by atoms with Crippen molar-refractivity contribution in [3.8, 4) is 0 Å². The molecule has 124 valence electrons. The molecule has 0 unspecified atom stereocenters. The van der Waals surface area contributed by atoms with Gasteiger partial charge in [-0.15, -0.1) is 0 Å². The molecule has 2 heterocycles. The topological polar surface area (TPSA) is 102 Å². The monoisotopic (exact) mass is 318 g/mol. The molecule has 1 aliphatic rings. The molecule has 7 nitrogen and oxygen atoms in total. The van der Waals surface area contributed by atoms with Gasteiger partial charge in [-0.1, -0.05) is 13.3 Å². The second kappa shape index (κ2) is 6.25. The molecule has 2 aromatic rings. The van der Waals surface area contributed by atoms with Crippen LogP contribution in [0, 0.1) is 5.41 Å². The first kappa shape index (κ1) is 15.9. The molecule has 1 aliphatic heterocycles. The van der Waals surface area contributed by atoms with E-state index in [1.165, 1.54) is 0 Å². The Labute approximate surface area is 134 Å². The molecule has 0 aliphatic carbocycles. The molecule has 0 saturated carbocycles. The summed E-state index contributed by atoms with van der Waals surface area (Å²) < 4.78 is 0. The minimum Gasteiger partial charge on any atom is -0.396 e. The zero-order chi connectivity index (χ0) is 16.4. The minimum absolute atomic E-state index is 0.101. The summed E-state index contributed by atoms with van der Waals surface area (Å²) >= 11 is 0. The smallest absolute Gasteiger partial charge is 0.253 e. The highest BCUT2D eigenvalue weighted by Gasteiger charge is 2.43. The fourth-order valence-corrected chi connectivity index (χ4v) is 3.46.